The number of halogens is 1. The molecular weight excluding hydrogens is 451 g/mol. The van der Waals surface area contributed by atoms with Crippen LogP contribution in [0, 0.1) is 12.7 Å². The monoisotopic (exact) mass is 478 g/mol. The van der Waals surface area contributed by atoms with Gasteiger partial charge in [0, 0.05) is 34.8 Å². The first kappa shape index (κ1) is 22.2. The van der Waals surface area contributed by atoms with E-state index in [1.807, 2.05) is 0 Å². The number of anilines is 1. The minimum Gasteiger partial charge on any atom is -0.477 e. The van der Waals surface area contributed by atoms with Gasteiger partial charge in [-0.2, -0.15) is 0 Å². The zero-order valence-electron chi connectivity index (χ0n) is 19.5. The number of hydrogen-bond acceptors (Lipinski definition) is 7. The molecule has 2 atom stereocenters. The van der Waals surface area contributed by atoms with Gasteiger partial charge in [-0.1, -0.05) is 17.3 Å². The van der Waals surface area contributed by atoms with Crippen LogP contribution in [-0.4, -0.2) is 44.4 Å². The lowest BCUT2D eigenvalue weighted by molar-refractivity contribution is 0.0144. The molecule has 3 aromatic rings. The third-order valence-corrected chi connectivity index (χ3v) is 7.34. The van der Waals surface area contributed by atoms with E-state index in [1.165, 1.54) is 12.1 Å². The highest BCUT2D eigenvalue weighted by Gasteiger charge is 2.43. The Morgan fingerprint density at radius 3 is 2.60 bits per heavy atom. The number of aromatic nitrogens is 3. The van der Waals surface area contributed by atoms with Gasteiger partial charge in [0.2, 0.25) is 5.95 Å². The van der Waals surface area contributed by atoms with Crippen molar-refractivity contribution in [1.29, 1.82) is 0 Å². The minimum absolute atomic E-state index is 0.0195. The molecule has 2 bridgehead atoms. The molecule has 6 rings (SSSR count). The lowest BCUT2D eigenvalue weighted by Crippen LogP contribution is -2.46. The summed E-state index contributed by atoms with van der Waals surface area (Å²) in [7, 11) is 0. The van der Waals surface area contributed by atoms with E-state index in [4.69, 9.17) is 9.26 Å². The van der Waals surface area contributed by atoms with E-state index in [9.17, 15) is 14.3 Å². The molecule has 2 saturated heterocycles. The number of rotatable bonds is 7. The molecule has 1 saturated carbocycles. The van der Waals surface area contributed by atoms with Crippen molar-refractivity contribution in [1.82, 2.24) is 15.1 Å². The molecule has 9 heteroatoms. The molecule has 4 heterocycles. The summed E-state index contributed by atoms with van der Waals surface area (Å²) in [5, 5.41) is 13.6. The van der Waals surface area contributed by atoms with Gasteiger partial charge in [-0.25, -0.2) is 19.2 Å². The quantitative estimate of drug-likeness (QED) is 0.513. The highest BCUT2D eigenvalue weighted by atomic mass is 19.1. The van der Waals surface area contributed by atoms with Crippen molar-refractivity contribution in [3.05, 3.63) is 58.9 Å². The van der Waals surface area contributed by atoms with Gasteiger partial charge in [0.15, 0.2) is 5.69 Å². The smallest absolute Gasteiger partial charge is 0.354 e. The molecule has 3 fully saturated rings. The van der Waals surface area contributed by atoms with Gasteiger partial charge in [-0.15, -0.1) is 0 Å². The summed E-state index contributed by atoms with van der Waals surface area (Å²) in [4.78, 5) is 22.5. The van der Waals surface area contributed by atoms with Crippen LogP contribution in [0.2, 0.25) is 0 Å². The maximum Gasteiger partial charge on any atom is 0.354 e. The molecule has 0 spiro atoms. The van der Waals surface area contributed by atoms with Gasteiger partial charge in [-0.3, -0.25) is 0 Å². The Morgan fingerprint density at radius 1 is 1.17 bits per heavy atom. The molecule has 35 heavy (non-hydrogen) atoms. The fraction of sp³-hybridized carbons (Fsp3) is 0.462. The molecule has 8 nitrogen and oxygen atoms in total. The number of carboxylic acids is 1. The number of fused-ring (bicyclic) bond motifs is 2. The average molecular weight is 479 g/mol. The minimum atomic E-state index is -1.05. The molecule has 2 unspecified atom stereocenters. The zero-order chi connectivity index (χ0) is 24.1. The van der Waals surface area contributed by atoms with E-state index >= 15 is 0 Å². The Balaban J connectivity index is 1.20. The van der Waals surface area contributed by atoms with Crippen molar-refractivity contribution in [2.45, 2.75) is 76.2 Å². The second kappa shape index (κ2) is 8.71. The van der Waals surface area contributed by atoms with Gasteiger partial charge >= 0.3 is 5.97 Å². The predicted octanol–water partition coefficient (Wildman–Crippen LogP) is 4.87. The number of aromatic carboxylic acids is 1. The third-order valence-electron chi connectivity index (χ3n) is 7.34. The zero-order valence-corrected chi connectivity index (χ0v) is 19.5. The summed E-state index contributed by atoms with van der Waals surface area (Å²) in [6, 6.07) is 8.49. The maximum absolute atomic E-state index is 14.5. The molecule has 1 N–H and O–H groups in total. The standard InChI is InChI=1S/C26H27FN4O4/c1-14-10-22(25(32)33)29-26(28-14)31-16-8-9-17(31)12-18(11-16)34-13-20-23(19-4-2-3-5-21(19)27)30-35-24(20)15-6-7-15/h2-5,10,15-18H,6-9,11-13H2,1H3,(H,32,33). The maximum atomic E-state index is 14.5. The van der Waals surface area contributed by atoms with Crippen molar-refractivity contribution in [3.8, 4) is 11.3 Å². The highest BCUT2D eigenvalue weighted by molar-refractivity contribution is 5.85. The van der Waals surface area contributed by atoms with Gasteiger partial charge in [0.1, 0.15) is 17.3 Å². The van der Waals surface area contributed by atoms with Gasteiger partial charge in [0.05, 0.1) is 12.7 Å². The molecule has 182 valence electrons. The molecule has 1 aromatic carbocycles. The molecule has 2 aliphatic heterocycles. The van der Waals surface area contributed by atoms with E-state index in [2.05, 4.69) is 20.0 Å². The first-order chi connectivity index (χ1) is 17.0. The Kier molecular flexibility index (Phi) is 5.51. The van der Waals surface area contributed by atoms with E-state index in [0.29, 0.717) is 35.4 Å². The van der Waals surface area contributed by atoms with Crippen molar-refractivity contribution in [2.75, 3.05) is 4.90 Å². The molecule has 2 aromatic heterocycles. The first-order valence-electron chi connectivity index (χ1n) is 12.2. The Morgan fingerprint density at radius 2 is 1.91 bits per heavy atom. The first-order valence-corrected chi connectivity index (χ1v) is 12.2. The van der Waals surface area contributed by atoms with Crippen LogP contribution < -0.4 is 4.90 Å². The Labute approximate surface area is 202 Å². The van der Waals surface area contributed by atoms with Crippen LogP contribution in [0.5, 0.6) is 0 Å². The van der Waals surface area contributed by atoms with Crippen LogP contribution in [0.3, 0.4) is 0 Å². The Bertz CT molecular complexity index is 1260. The normalized spacial score (nSPS) is 23.6. The molecule has 0 amide bonds. The van der Waals surface area contributed by atoms with E-state index < -0.39 is 5.97 Å². The average Bonchev–Trinajstić information content (AvgIpc) is 3.54. The summed E-state index contributed by atoms with van der Waals surface area (Å²) in [5.74, 6) is 0.271. The lowest BCUT2D eigenvalue weighted by atomic mass is 9.99. The summed E-state index contributed by atoms with van der Waals surface area (Å²) >= 11 is 0. The van der Waals surface area contributed by atoms with Crippen molar-refractivity contribution >= 4 is 11.9 Å². The number of benzene rings is 1. The van der Waals surface area contributed by atoms with E-state index in [-0.39, 0.29) is 29.7 Å². The fourth-order valence-electron chi connectivity index (χ4n) is 5.56. The number of carboxylic acid groups (broad SMARTS) is 1. The highest BCUT2D eigenvalue weighted by Crippen LogP contribution is 2.45. The largest absolute Gasteiger partial charge is 0.477 e. The number of ether oxygens (including phenoxy) is 1. The number of hydrogen-bond donors (Lipinski definition) is 1. The van der Waals surface area contributed by atoms with E-state index in [1.54, 1.807) is 25.1 Å². The van der Waals surface area contributed by atoms with Crippen LogP contribution in [0.4, 0.5) is 10.3 Å². The number of aryl methyl sites for hydroxylation is 1. The van der Waals surface area contributed by atoms with Crippen molar-refractivity contribution < 1.29 is 23.6 Å². The SMILES string of the molecule is Cc1cc(C(=O)O)nc(N2C3CCC2CC(OCc2c(-c4ccccc4F)noc2C2CC2)C3)n1. The summed E-state index contributed by atoms with van der Waals surface area (Å²) < 4.78 is 26.6. The fourth-order valence-corrected chi connectivity index (χ4v) is 5.56. The summed E-state index contributed by atoms with van der Waals surface area (Å²) in [6.07, 6.45) is 5.72. The van der Waals surface area contributed by atoms with Crippen LogP contribution >= 0.6 is 0 Å². The molecular formula is C26H27FN4O4. The Hall–Kier alpha value is -3.33. The predicted molar refractivity (Wildman–Crippen MR) is 125 cm³/mol. The van der Waals surface area contributed by atoms with Gasteiger partial charge < -0.3 is 19.3 Å². The second-order valence-corrected chi connectivity index (χ2v) is 9.82. The summed E-state index contributed by atoms with van der Waals surface area (Å²) in [5.41, 5.74) is 2.47. The molecule has 3 aliphatic rings. The number of carbonyl (C=O) groups is 1. The molecule has 0 radical (unpaired) electrons. The number of nitrogens with zero attached hydrogens (tertiary/aromatic N) is 4. The second-order valence-electron chi connectivity index (χ2n) is 9.82. The third kappa shape index (κ3) is 4.18. The van der Waals surface area contributed by atoms with Gasteiger partial charge in [0.25, 0.3) is 0 Å². The van der Waals surface area contributed by atoms with Crippen LogP contribution in [-0.2, 0) is 11.3 Å². The molecule has 1 aliphatic carbocycles. The number of piperidine rings is 1. The topological polar surface area (TPSA) is 102 Å². The van der Waals surface area contributed by atoms with E-state index in [0.717, 1.165) is 49.8 Å². The van der Waals surface area contributed by atoms with Crippen molar-refractivity contribution in [3.63, 3.8) is 0 Å². The van der Waals surface area contributed by atoms with Gasteiger partial charge in [-0.05, 0) is 63.6 Å². The van der Waals surface area contributed by atoms with Crippen LogP contribution in [0.25, 0.3) is 11.3 Å². The summed E-state index contributed by atoms with van der Waals surface area (Å²) in [6.45, 7) is 2.12. The van der Waals surface area contributed by atoms with Crippen LogP contribution in [0.15, 0.2) is 34.9 Å². The van der Waals surface area contributed by atoms with Crippen molar-refractivity contribution in [2.24, 2.45) is 0 Å². The lowest BCUT2D eigenvalue weighted by Gasteiger charge is -2.39. The van der Waals surface area contributed by atoms with Crippen LogP contribution in [0.1, 0.15) is 71.9 Å².